The normalized spacial score (nSPS) is 10.8. The average Bonchev–Trinajstić information content (AvgIpc) is 3.25. The minimum absolute atomic E-state index is 0.183. The number of fused-ring (bicyclic) bond motifs is 1. The van der Waals surface area contributed by atoms with E-state index in [1.807, 2.05) is 60.1 Å². The van der Waals surface area contributed by atoms with Gasteiger partial charge in [-0.05, 0) is 48.9 Å². The molecule has 0 saturated heterocycles. The third-order valence-electron chi connectivity index (χ3n) is 5.21. The second kappa shape index (κ2) is 9.70. The maximum absolute atomic E-state index is 13.1. The second-order valence-electron chi connectivity index (χ2n) is 7.21. The summed E-state index contributed by atoms with van der Waals surface area (Å²) in [5.74, 6) is 0.438. The van der Waals surface area contributed by atoms with Crippen molar-refractivity contribution < 1.29 is 9.53 Å². The Kier molecular flexibility index (Phi) is 6.56. The van der Waals surface area contributed by atoms with E-state index in [1.165, 1.54) is 0 Å². The summed E-state index contributed by atoms with van der Waals surface area (Å²) < 4.78 is 7.13. The van der Waals surface area contributed by atoms with Crippen LogP contribution in [0.2, 0.25) is 5.02 Å². The molecule has 0 atom stereocenters. The van der Waals surface area contributed by atoms with Crippen LogP contribution in [0, 0.1) is 0 Å². The number of amides is 1. The summed E-state index contributed by atoms with van der Waals surface area (Å²) in [6.07, 6.45) is 3.50. The van der Waals surface area contributed by atoms with Crippen LogP contribution in [-0.4, -0.2) is 27.8 Å². The number of aromatic nitrogens is 3. The first-order valence-electron chi connectivity index (χ1n) is 10.3. The first kappa shape index (κ1) is 21.6. The Morgan fingerprint density at radius 2 is 2.03 bits per heavy atom. The summed E-state index contributed by atoms with van der Waals surface area (Å²) in [6, 6.07) is 15.0. The Labute approximate surface area is 191 Å². The van der Waals surface area contributed by atoms with E-state index in [9.17, 15) is 4.79 Å². The highest BCUT2D eigenvalue weighted by molar-refractivity contribution is 6.32. The standard InChI is InChI=1S/C24H24ClN5O2/c1-3-30-21-9-8-18(24(31)28-14-17-6-4-5-11-26-17)23(19(21)15-29-30)27-13-16-7-10-22(32-2)20(25)12-16/h4-12,15,27H,3,13-14H2,1-2H3,(H,28,31). The highest BCUT2D eigenvalue weighted by atomic mass is 35.5. The lowest BCUT2D eigenvalue weighted by molar-refractivity contribution is 0.0951. The van der Waals surface area contributed by atoms with E-state index in [4.69, 9.17) is 16.3 Å². The largest absolute Gasteiger partial charge is 0.495 e. The van der Waals surface area contributed by atoms with Crippen LogP contribution in [0.4, 0.5) is 5.69 Å². The highest BCUT2D eigenvalue weighted by Gasteiger charge is 2.17. The molecule has 0 aliphatic rings. The molecule has 2 aromatic heterocycles. The molecule has 8 heteroatoms. The van der Waals surface area contributed by atoms with Gasteiger partial charge in [0.25, 0.3) is 5.91 Å². The molecule has 0 bridgehead atoms. The summed E-state index contributed by atoms with van der Waals surface area (Å²) >= 11 is 6.27. The van der Waals surface area contributed by atoms with Crippen molar-refractivity contribution in [1.82, 2.24) is 20.1 Å². The van der Waals surface area contributed by atoms with Crippen molar-refractivity contribution in [1.29, 1.82) is 0 Å². The number of benzene rings is 2. The van der Waals surface area contributed by atoms with E-state index in [0.29, 0.717) is 29.4 Å². The Morgan fingerprint density at radius 3 is 2.75 bits per heavy atom. The molecular weight excluding hydrogens is 426 g/mol. The summed E-state index contributed by atoms with van der Waals surface area (Å²) in [4.78, 5) is 17.3. The molecule has 4 aromatic rings. The molecule has 0 saturated carbocycles. The molecule has 2 heterocycles. The fraction of sp³-hybridized carbons (Fsp3) is 0.208. The number of hydrogen-bond donors (Lipinski definition) is 2. The Morgan fingerprint density at radius 1 is 1.16 bits per heavy atom. The zero-order valence-corrected chi connectivity index (χ0v) is 18.7. The number of methoxy groups -OCH3 is 1. The fourth-order valence-electron chi connectivity index (χ4n) is 3.56. The maximum Gasteiger partial charge on any atom is 0.253 e. The molecule has 1 amide bonds. The Bertz CT molecular complexity index is 1240. The third kappa shape index (κ3) is 4.53. The lowest BCUT2D eigenvalue weighted by Crippen LogP contribution is -2.24. The van der Waals surface area contributed by atoms with Crippen LogP contribution in [0.3, 0.4) is 0 Å². The first-order chi connectivity index (χ1) is 15.6. The van der Waals surface area contributed by atoms with Crippen molar-refractivity contribution in [2.24, 2.45) is 0 Å². The van der Waals surface area contributed by atoms with Crippen LogP contribution in [0.15, 0.2) is 60.9 Å². The number of hydrogen-bond acceptors (Lipinski definition) is 5. The summed E-state index contributed by atoms with van der Waals surface area (Å²) in [7, 11) is 1.58. The molecule has 0 radical (unpaired) electrons. The summed E-state index contributed by atoms with van der Waals surface area (Å²) in [5.41, 5.74) is 4.00. The summed E-state index contributed by atoms with van der Waals surface area (Å²) in [5, 5.41) is 12.3. The molecule has 0 aliphatic carbocycles. The quantitative estimate of drug-likeness (QED) is 0.409. The van der Waals surface area contributed by atoms with E-state index in [2.05, 4.69) is 20.7 Å². The van der Waals surface area contributed by atoms with Gasteiger partial charge in [-0.15, -0.1) is 0 Å². The molecule has 0 fully saturated rings. The fourth-order valence-corrected chi connectivity index (χ4v) is 3.84. The number of rotatable bonds is 8. The number of pyridine rings is 1. The Hall–Kier alpha value is -3.58. The number of carbonyl (C=O) groups is 1. The van der Waals surface area contributed by atoms with Crippen LogP contribution >= 0.6 is 11.6 Å². The number of halogens is 1. The van der Waals surface area contributed by atoms with Gasteiger partial charge in [-0.1, -0.05) is 23.7 Å². The van der Waals surface area contributed by atoms with Gasteiger partial charge in [0.05, 0.1) is 47.3 Å². The van der Waals surface area contributed by atoms with Gasteiger partial charge in [-0.2, -0.15) is 5.10 Å². The van der Waals surface area contributed by atoms with E-state index in [0.717, 1.165) is 34.4 Å². The van der Waals surface area contributed by atoms with Gasteiger partial charge in [0.2, 0.25) is 0 Å². The van der Waals surface area contributed by atoms with Crippen molar-refractivity contribution in [3.8, 4) is 5.75 Å². The average molecular weight is 450 g/mol. The lowest BCUT2D eigenvalue weighted by Gasteiger charge is -2.15. The predicted molar refractivity (Wildman–Crippen MR) is 126 cm³/mol. The predicted octanol–water partition coefficient (Wildman–Crippen LogP) is 4.66. The van der Waals surface area contributed by atoms with Crippen molar-refractivity contribution in [3.05, 3.63) is 82.8 Å². The molecule has 2 N–H and O–H groups in total. The molecule has 2 aromatic carbocycles. The van der Waals surface area contributed by atoms with Crippen molar-refractivity contribution >= 4 is 34.1 Å². The van der Waals surface area contributed by atoms with Gasteiger partial charge in [-0.25, -0.2) is 0 Å². The number of ether oxygens (including phenoxy) is 1. The molecular formula is C24H24ClN5O2. The maximum atomic E-state index is 13.1. The third-order valence-corrected chi connectivity index (χ3v) is 5.51. The van der Waals surface area contributed by atoms with E-state index >= 15 is 0 Å². The van der Waals surface area contributed by atoms with Crippen molar-refractivity contribution in [2.75, 3.05) is 12.4 Å². The van der Waals surface area contributed by atoms with Gasteiger partial charge in [-0.3, -0.25) is 14.5 Å². The van der Waals surface area contributed by atoms with Crippen LogP contribution in [0.5, 0.6) is 5.75 Å². The van der Waals surface area contributed by atoms with Gasteiger partial charge >= 0.3 is 0 Å². The van der Waals surface area contributed by atoms with Crippen LogP contribution in [0.1, 0.15) is 28.5 Å². The van der Waals surface area contributed by atoms with E-state index in [-0.39, 0.29) is 5.91 Å². The molecule has 0 unspecified atom stereocenters. The van der Waals surface area contributed by atoms with Crippen LogP contribution < -0.4 is 15.4 Å². The van der Waals surface area contributed by atoms with Gasteiger partial charge in [0.15, 0.2) is 0 Å². The zero-order valence-electron chi connectivity index (χ0n) is 17.9. The molecule has 7 nitrogen and oxygen atoms in total. The molecule has 32 heavy (non-hydrogen) atoms. The van der Waals surface area contributed by atoms with Gasteiger partial charge in [0.1, 0.15) is 5.75 Å². The lowest BCUT2D eigenvalue weighted by atomic mass is 10.1. The van der Waals surface area contributed by atoms with E-state index < -0.39 is 0 Å². The van der Waals surface area contributed by atoms with Crippen molar-refractivity contribution in [2.45, 2.75) is 26.6 Å². The van der Waals surface area contributed by atoms with E-state index in [1.54, 1.807) is 19.5 Å². The second-order valence-corrected chi connectivity index (χ2v) is 7.61. The van der Waals surface area contributed by atoms with Crippen LogP contribution in [0.25, 0.3) is 10.9 Å². The van der Waals surface area contributed by atoms with Gasteiger partial charge in [0, 0.05) is 24.7 Å². The minimum Gasteiger partial charge on any atom is -0.495 e. The van der Waals surface area contributed by atoms with Crippen LogP contribution in [-0.2, 0) is 19.6 Å². The highest BCUT2D eigenvalue weighted by Crippen LogP contribution is 2.30. The topological polar surface area (TPSA) is 81.1 Å². The monoisotopic (exact) mass is 449 g/mol. The smallest absolute Gasteiger partial charge is 0.253 e. The molecule has 0 aliphatic heterocycles. The first-order valence-corrected chi connectivity index (χ1v) is 10.7. The molecule has 4 rings (SSSR count). The Balaban J connectivity index is 1.62. The number of anilines is 1. The number of nitrogens with one attached hydrogen (secondary N) is 2. The minimum atomic E-state index is -0.183. The van der Waals surface area contributed by atoms with Gasteiger partial charge < -0.3 is 15.4 Å². The summed E-state index contributed by atoms with van der Waals surface area (Å²) in [6.45, 7) is 3.61. The number of carbonyl (C=O) groups excluding carboxylic acids is 1. The number of aryl methyl sites for hydroxylation is 1. The van der Waals surface area contributed by atoms with Crippen molar-refractivity contribution in [3.63, 3.8) is 0 Å². The zero-order chi connectivity index (χ0) is 22.5. The molecule has 164 valence electrons. The number of nitrogens with zero attached hydrogens (tertiary/aromatic N) is 3. The SMILES string of the molecule is CCn1ncc2c(NCc3ccc(OC)c(Cl)c3)c(C(=O)NCc3ccccn3)ccc21. The molecule has 0 spiro atoms.